The van der Waals surface area contributed by atoms with Crippen molar-refractivity contribution in [1.29, 1.82) is 0 Å². The molecule has 1 atom stereocenters. The van der Waals surface area contributed by atoms with Crippen LogP contribution in [0.1, 0.15) is 47.4 Å². The fourth-order valence-electron chi connectivity index (χ4n) is 4.77. The quantitative estimate of drug-likeness (QED) is 0.745. The van der Waals surface area contributed by atoms with Crippen LogP contribution in [0, 0.1) is 5.41 Å². The van der Waals surface area contributed by atoms with Crippen molar-refractivity contribution < 1.29 is 4.79 Å². The molecule has 1 heterocycles. The predicted molar refractivity (Wildman–Crippen MR) is 96.5 cm³/mol. The molecule has 1 aromatic heterocycles. The van der Waals surface area contributed by atoms with Gasteiger partial charge in [-0.05, 0) is 35.6 Å². The Labute approximate surface area is 146 Å². The van der Waals surface area contributed by atoms with E-state index in [0.717, 1.165) is 6.42 Å². The second kappa shape index (κ2) is 5.06. The van der Waals surface area contributed by atoms with Gasteiger partial charge >= 0.3 is 0 Å². The third-order valence-electron chi connectivity index (χ3n) is 5.88. The van der Waals surface area contributed by atoms with E-state index >= 15 is 0 Å². The molecule has 0 spiro atoms. The minimum atomic E-state index is -0.500. The van der Waals surface area contributed by atoms with Gasteiger partial charge in [0.1, 0.15) is 0 Å². The number of carbonyl (C=O) groups is 1. The summed E-state index contributed by atoms with van der Waals surface area (Å²) in [5.41, 5.74) is 4.81. The molecule has 6 rings (SSSR count). The fraction of sp³-hybridized carbons (Fsp3) is 0.238. The maximum atomic E-state index is 13.2. The number of aromatic nitrogens is 2. The number of benzene rings is 2. The molecule has 0 fully saturated rings. The van der Waals surface area contributed by atoms with Crippen LogP contribution >= 0.6 is 0 Å². The van der Waals surface area contributed by atoms with Crippen molar-refractivity contribution in [2.45, 2.75) is 25.2 Å². The second-order valence-electron chi connectivity index (χ2n) is 7.26. The number of rotatable bonds is 2. The number of hydrogen-bond acceptors (Lipinski definition) is 2. The lowest BCUT2D eigenvalue weighted by molar-refractivity contribution is -0.126. The first-order valence-electron chi connectivity index (χ1n) is 8.67. The molecule has 4 nitrogen and oxygen atoms in total. The van der Waals surface area contributed by atoms with Crippen LogP contribution in [-0.4, -0.2) is 15.9 Å². The average molecular weight is 329 g/mol. The Morgan fingerprint density at radius 2 is 1.68 bits per heavy atom. The highest BCUT2D eigenvalue weighted by molar-refractivity contribution is 5.96. The molecule has 0 aliphatic heterocycles. The minimum Gasteiger partial charge on any atom is -0.331 e. The Kier molecular flexibility index (Phi) is 2.93. The summed E-state index contributed by atoms with van der Waals surface area (Å²) in [5.74, 6) is 0.875. The Hall–Kier alpha value is -2.88. The molecule has 3 aliphatic carbocycles. The van der Waals surface area contributed by atoms with Gasteiger partial charge < -0.3 is 4.98 Å². The third kappa shape index (κ3) is 1.94. The Morgan fingerprint density at radius 3 is 2.24 bits per heavy atom. The highest BCUT2D eigenvalue weighted by Gasteiger charge is 2.53. The van der Waals surface area contributed by atoms with Crippen molar-refractivity contribution in [3.63, 3.8) is 0 Å². The van der Waals surface area contributed by atoms with Gasteiger partial charge in [0, 0.05) is 24.2 Å². The SMILES string of the molecule is C[C@@]1(C(=O)Nc2ncc[nH]2)CC2c3ccccc3C1c1ccccc12. The van der Waals surface area contributed by atoms with E-state index in [9.17, 15) is 4.79 Å². The van der Waals surface area contributed by atoms with Gasteiger partial charge in [-0.3, -0.25) is 10.1 Å². The van der Waals surface area contributed by atoms with Crippen LogP contribution in [0.5, 0.6) is 0 Å². The van der Waals surface area contributed by atoms with E-state index in [1.54, 1.807) is 12.4 Å². The summed E-state index contributed by atoms with van der Waals surface area (Å²) in [6, 6.07) is 17.1. The van der Waals surface area contributed by atoms with Crippen molar-refractivity contribution in [3.05, 3.63) is 83.2 Å². The molecule has 0 saturated carbocycles. The molecular formula is C21H19N3O. The van der Waals surface area contributed by atoms with Crippen molar-refractivity contribution in [2.24, 2.45) is 5.41 Å². The molecule has 2 bridgehead atoms. The number of aromatic amines is 1. The second-order valence-corrected chi connectivity index (χ2v) is 7.26. The summed E-state index contributed by atoms with van der Waals surface area (Å²) in [6.45, 7) is 2.09. The average Bonchev–Trinajstić information content (AvgIpc) is 3.15. The maximum absolute atomic E-state index is 13.2. The summed E-state index contributed by atoms with van der Waals surface area (Å²) in [7, 11) is 0. The molecule has 124 valence electrons. The lowest BCUT2D eigenvalue weighted by atomic mass is 9.52. The Morgan fingerprint density at radius 1 is 1.08 bits per heavy atom. The van der Waals surface area contributed by atoms with Gasteiger partial charge in [-0.15, -0.1) is 0 Å². The number of carbonyl (C=O) groups excluding carboxylic acids is 1. The smallest absolute Gasteiger partial charge is 0.233 e. The van der Waals surface area contributed by atoms with E-state index in [1.165, 1.54) is 22.3 Å². The third-order valence-corrected chi connectivity index (χ3v) is 5.88. The van der Waals surface area contributed by atoms with Crippen LogP contribution in [0.25, 0.3) is 0 Å². The van der Waals surface area contributed by atoms with E-state index < -0.39 is 5.41 Å². The molecule has 4 heteroatoms. The molecule has 0 saturated heterocycles. The number of nitrogens with one attached hydrogen (secondary N) is 2. The monoisotopic (exact) mass is 329 g/mol. The molecular weight excluding hydrogens is 310 g/mol. The van der Waals surface area contributed by atoms with Gasteiger partial charge in [0.15, 0.2) is 0 Å². The minimum absolute atomic E-state index is 0.0291. The number of amides is 1. The highest BCUT2D eigenvalue weighted by atomic mass is 16.2. The Balaban J connectivity index is 1.65. The summed E-state index contributed by atoms with van der Waals surface area (Å²) in [6.07, 6.45) is 4.18. The molecule has 3 aliphatic rings. The zero-order valence-corrected chi connectivity index (χ0v) is 14.0. The van der Waals surface area contributed by atoms with Crippen LogP contribution in [0.15, 0.2) is 60.9 Å². The lowest BCUT2D eigenvalue weighted by Crippen LogP contribution is -2.47. The van der Waals surface area contributed by atoms with Crippen molar-refractivity contribution in [1.82, 2.24) is 9.97 Å². The van der Waals surface area contributed by atoms with Gasteiger partial charge in [0.2, 0.25) is 11.9 Å². The summed E-state index contributed by atoms with van der Waals surface area (Å²) in [5, 5.41) is 2.97. The van der Waals surface area contributed by atoms with Crippen LogP contribution in [0.3, 0.4) is 0 Å². The van der Waals surface area contributed by atoms with Gasteiger partial charge in [0.05, 0.1) is 5.41 Å². The van der Waals surface area contributed by atoms with Gasteiger partial charge in [0.25, 0.3) is 0 Å². The maximum Gasteiger partial charge on any atom is 0.233 e. The number of anilines is 1. The first-order valence-corrected chi connectivity index (χ1v) is 8.67. The first-order chi connectivity index (χ1) is 12.2. The van der Waals surface area contributed by atoms with Gasteiger partial charge in [-0.2, -0.15) is 0 Å². The van der Waals surface area contributed by atoms with Crippen molar-refractivity contribution in [3.8, 4) is 0 Å². The molecule has 25 heavy (non-hydrogen) atoms. The number of imidazole rings is 1. The predicted octanol–water partition coefficient (Wildman–Crippen LogP) is 4.04. The zero-order chi connectivity index (χ0) is 17.0. The molecule has 0 unspecified atom stereocenters. The fourth-order valence-corrected chi connectivity index (χ4v) is 4.77. The van der Waals surface area contributed by atoms with Crippen LogP contribution in [-0.2, 0) is 4.79 Å². The van der Waals surface area contributed by atoms with E-state index in [-0.39, 0.29) is 17.7 Å². The summed E-state index contributed by atoms with van der Waals surface area (Å²) >= 11 is 0. The standard InChI is InChI=1S/C21H19N3O/c1-21(19(25)24-20-22-10-11-23-20)12-17-13-6-2-4-8-15(13)18(21)16-9-5-3-7-14(16)17/h2-11,17-18H,12H2,1H3,(H2,22,23,24,25)/t17?,18?,21-/m1/s1. The number of nitrogens with zero attached hydrogens (tertiary/aromatic N) is 1. The normalized spacial score (nSPS) is 26.0. The van der Waals surface area contributed by atoms with E-state index in [4.69, 9.17) is 0 Å². The van der Waals surface area contributed by atoms with Crippen molar-refractivity contribution >= 4 is 11.9 Å². The van der Waals surface area contributed by atoms with E-state index in [1.807, 2.05) is 0 Å². The van der Waals surface area contributed by atoms with E-state index in [2.05, 4.69) is 70.7 Å². The molecule has 2 aromatic carbocycles. The highest BCUT2D eigenvalue weighted by Crippen LogP contribution is 2.61. The molecule has 1 amide bonds. The zero-order valence-electron chi connectivity index (χ0n) is 14.0. The molecule has 0 radical (unpaired) electrons. The van der Waals surface area contributed by atoms with Crippen LogP contribution in [0.2, 0.25) is 0 Å². The number of fused-ring (bicyclic) bond motifs is 1. The first kappa shape index (κ1) is 14.5. The molecule has 2 N–H and O–H groups in total. The van der Waals surface area contributed by atoms with E-state index in [0.29, 0.717) is 5.95 Å². The molecule has 3 aromatic rings. The van der Waals surface area contributed by atoms with Crippen LogP contribution in [0.4, 0.5) is 5.95 Å². The van der Waals surface area contributed by atoms with Gasteiger partial charge in [-0.25, -0.2) is 4.98 Å². The summed E-state index contributed by atoms with van der Waals surface area (Å²) in [4.78, 5) is 20.3. The topological polar surface area (TPSA) is 57.8 Å². The Bertz CT molecular complexity index is 915. The van der Waals surface area contributed by atoms with Gasteiger partial charge in [-0.1, -0.05) is 48.5 Å². The van der Waals surface area contributed by atoms with Crippen LogP contribution < -0.4 is 5.32 Å². The number of hydrogen-bond donors (Lipinski definition) is 2. The number of H-pyrrole nitrogens is 1. The lowest BCUT2D eigenvalue weighted by Gasteiger charge is -2.50. The summed E-state index contributed by atoms with van der Waals surface area (Å²) < 4.78 is 0. The van der Waals surface area contributed by atoms with Crippen molar-refractivity contribution in [2.75, 3.05) is 5.32 Å². The largest absolute Gasteiger partial charge is 0.331 e.